The van der Waals surface area contributed by atoms with Crippen LogP contribution in [-0.4, -0.2) is 22.2 Å². The van der Waals surface area contributed by atoms with Crippen molar-refractivity contribution >= 4 is 34.7 Å². The second-order valence-electron chi connectivity index (χ2n) is 7.85. The number of nitrogens with zero attached hydrogens (tertiary/aromatic N) is 1. The van der Waals surface area contributed by atoms with Crippen LogP contribution in [-0.2, 0) is 11.3 Å². The maximum absolute atomic E-state index is 13.5. The first-order valence-electron chi connectivity index (χ1n) is 11.1. The highest BCUT2D eigenvalue weighted by molar-refractivity contribution is 5.81. The highest BCUT2D eigenvalue weighted by Crippen LogP contribution is 2.23. The normalized spacial score (nSPS) is 12.1. The van der Waals surface area contributed by atoms with Gasteiger partial charge in [0.1, 0.15) is 11.6 Å². The van der Waals surface area contributed by atoms with Gasteiger partial charge in [-0.2, -0.15) is 0 Å². The van der Waals surface area contributed by atoms with Crippen molar-refractivity contribution in [3.63, 3.8) is 0 Å². The third kappa shape index (κ3) is 5.78. The minimum Gasteiger partial charge on any atom is -0.479 e. The lowest BCUT2D eigenvalue weighted by atomic mass is 10.1. The Morgan fingerprint density at radius 1 is 1.06 bits per heavy atom. The zero-order valence-electron chi connectivity index (χ0n) is 18.7. The number of aliphatic carboxylic acids is 1. The van der Waals surface area contributed by atoms with Gasteiger partial charge in [-0.25, -0.2) is 14.2 Å². The van der Waals surface area contributed by atoms with Crippen LogP contribution in [0.3, 0.4) is 0 Å². The summed E-state index contributed by atoms with van der Waals surface area (Å²) in [7, 11) is 0. The lowest BCUT2D eigenvalue weighted by molar-refractivity contribution is -0.145. The van der Waals surface area contributed by atoms with Gasteiger partial charge in [-0.05, 0) is 54.5 Å². The van der Waals surface area contributed by atoms with Gasteiger partial charge < -0.3 is 15.2 Å². The smallest absolute Gasteiger partial charge is 0.344 e. The summed E-state index contributed by atoms with van der Waals surface area (Å²) in [5.41, 5.74) is 4.12. The predicted octanol–water partition coefficient (Wildman–Crippen LogP) is 6.40. The molecule has 0 fully saturated rings. The number of carboxylic acid groups (broad SMARTS) is 1. The minimum atomic E-state index is -0.976. The Hall–Kier alpha value is -4.19. The van der Waals surface area contributed by atoms with Crippen molar-refractivity contribution in [2.75, 3.05) is 5.32 Å². The monoisotopic (exact) mass is 456 g/mol. The number of anilines is 1. The van der Waals surface area contributed by atoms with Crippen molar-refractivity contribution in [2.24, 2.45) is 0 Å². The highest BCUT2D eigenvalue weighted by Gasteiger charge is 2.18. The molecule has 1 unspecified atom stereocenters. The molecule has 4 rings (SSSR count). The molecular weight excluding hydrogens is 431 g/mol. The number of halogens is 1. The summed E-state index contributed by atoms with van der Waals surface area (Å²) in [5, 5.41) is 13.6. The van der Waals surface area contributed by atoms with Gasteiger partial charge in [0, 0.05) is 29.2 Å². The van der Waals surface area contributed by atoms with Crippen LogP contribution in [0.2, 0.25) is 0 Å². The summed E-state index contributed by atoms with van der Waals surface area (Å²) in [5.74, 6) is -0.727. The Morgan fingerprint density at radius 3 is 2.71 bits per heavy atom. The van der Waals surface area contributed by atoms with Crippen LogP contribution < -0.4 is 10.1 Å². The van der Waals surface area contributed by atoms with Crippen molar-refractivity contribution in [3.8, 4) is 5.75 Å². The molecular formula is C28H25FN2O3. The van der Waals surface area contributed by atoms with Gasteiger partial charge in [0.15, 0.2) is 6.10 Å². The van der Waals surface area contributed by atoms with Gasteiger partial charge in [0.25, 0.3) is 0 Å². The first kappa shape index (κ1) is 23.0. The van der Waals surface area contributed by atoms with E-state index in [0.29, 0.717) is 24.2 Å². The van der Waals surface area contributed by atoms with Gasteiger partial charge in [0.05, 0.1) is 11.2 Å². The van der Waals surface area contributed by atoms with Gasteiger partial charge >= 0.3 is 5.97 Å². The number of nitrogens with one attached hydrogen (secondary N) is 1. The fourth-order valence-electron chi connectivity index (χ4n) is 3.56. The van der Waals surface area contributed by atoms with Gasteiger partial charge in [-0.15, -0.1) is 0 Å². The van der Waals surface area contributed by atoms with E-state index in [0.717, 1.165) is 27.9 Å². The topological polar surface area (TPSA) is 71.5 Å². The molecule has 0 bridgehead atoms. The number of hydrogen-bond acceptors (Lipinski definition) is 4. The summed E-state index contributed by atoms with van der Waals surface area (Å²) >= 11 is 0. The quantitative estimate of drug-likeness (QED) is 0.305. The Morgan fingerprint density at radius 2 is 1.88 bits per heavy atom. The SMILES string of the molecule is CCC(Oc1ccccc1CNc1cccc(C=Cc2ccc3ccc(F)cc3n2)c1)C(=O)O. The maximum Gasteiger partial charge on any atom is 0.344 e. The summed E-state index contributed by atoms with van der Waals surface area (Å²) in [6, 6.07) is 23.7. The lowest BCUT2D eigenvalue weighted by Crippen LogP contribution is -2.26. The zero-order chi connectivity index (χ0) is 23.9. The van der Waals surface area contributed by atoms with E-state index in [1.54, 1.807) is 19.1 Å². The van der Waals surface area contributed by atoms with Gasteiger partial charge in [-0.3, -0.25) is 0 Å². The molecule has 0 aliphatic heterocycles. The number of para-hydroxylation sites is 1. The molecule has 1 atom stereocenters. The molecule has 0 saturated carbocycles. The van der Waals surface area contributed by atoms with E-state index in [1.165, 1.54) is 12.1 Å². The highest BCUT2D eigenvalue weighted by atomic mass is 19.1. The predicted molar refractivity (Wildman–Crippen MR) is 133 cm³/mol. The van der Waals surface area contributed by atoms with E-state index < -0.39 is 12.1 Å². The molecule has 0 radical (unpaired) electrons. The molecule has 0 aliphatic carbocycles. The average molecular weight is 457 g/mol. The van der Waals surface area contributed by atoms with Crippen LogP contribution in [0, 0.1) is 5.82 Å². The fraction of sp³-hybridized carbons (Fsp3) is 0.143. The molecule has 2 N–H and O–H groups in total. The second-order valence-corrected chi connectivity index (χ2v) is 7.85. The van der Waals surface area contributed by atoms with Crippen molar-refractivity contribution in [2.45, 2.75) is 26.0 Å². The van der Waals surface area contributed by atoms with Crippen LogP contribution in [0.1, 0.15) is 30.2 Å². The minimum absolute atomic E-state index is 0.306. The fourth-order valence-corrected chi connectivity index (χ4v) is 3.56. The third-order valence-electron chi connectivity index (χ3n) is 5.38. The van der Waals surface area contributed by atoms with Crippen molar-refractivity contribution in [1.29, 1.82) is 0 Å². The van der Waals surface area contributed by atoms with Crippen LogP contribution in [0.15, 0.2) is 78.9 Å². The van der Waals surface area contributed by atoms with Crippen molar-refractivity contribution in [3.05, 3.63) is 102 Å². The Bertz CT molecular complexity index is 1340. The number of rotatable bonds is 9. The number of carbonyl (C=O) groups is 1. The number of hydrogen-bond donors (Lipinski definition) is 2. The van der Waals surface area contributed by atoms with Crippen LogP contribution in [0.25, 0.3) is 23.1 Å². The Labute approximate surface area is 197 Å². The first-order chi connectivity index (χ1) is 16.5. The largest absolute Gasteiger partial charge is 0.479 e. The number of carboxylic acids is 1. The molecule has 4 aromatic rings. The molecule has 6 heteroatoms. The molecule has 0 saturated heterocycles. The van der Waals surface area contributed by atoms with E-state index in [4.69, 9.17) is 4.74 Å². The number of benzene rings is 3. The Balaban J connectivity index is 1.45. The summed E-state index contributed by atoms with van der Waals surface area (Å²) < 4.78 is 19.2. The standard InChI is InChI=1S/C28H25FN2O3/c1-2-26(28(32)33)34-27-9-4-3-7-21(27)18-30-24-8-5-6-19(16-24)10-14-23-15-12-20-11-13-22(29)17-25(20)31-23/h3-17,26,30H,2,18H2,1H3,(H,32,33). The van der Waals surface area contributed by atoms with E-state index in [-0.39, 0.29) is 5.82 Å². The van der Waals surface area contributed by atoms with Gasteiger partial charge in [0.2, 0.25) is 0 Å². The molecule has 0 amide bonds. The molecule has 0 aliphatic rings. The summed E-state index contributed by atoms with van der Waals surface area (Å²) in [6.07, 6.45) is 3.35. The molecule has 172 valence electrons. The van der Waals surface area contributed by atoms with Crippen LogP contribution in [0.5, 0.6) is 5.75 Å². The summed E-state index contributed by atoms with van der Waals surface area (Å²) in [6.45, 7) is 2.27. The van der Waals surface area contributed by atoms with E-state index in [9.17, 15) is 14.3 Å². The van der Waals surface area contributed by atoms with Crippen LogP contribution in [0.4, 0.5) is 10.1 Å². The maximum atomic E-state index is 13.5. The van der Waals surface area contributed by atoms with Crippen LogP contribution >= 0.6 is 0 Å². The van der Waals surface area contributed by atoms with Crippen molar-refractivity contribution < 1.29 is 19.0 Å². The van der Waals surface area contributed by atoms with E-state index in [2.05, 4.69) is 10.3 Å². The number of pyridine rings is 1. The molecule has 34 heavy (non-hydrogen) atoms. The van der Waals surface area contributed by atoms with E-state index in [1.807, 2.05) is 66.7 Å². The molecule has 5 nitrogen and oxygen atoms in total. The van der Waals surface area contributed by atoms with Gasteiger partial charge in [-0.1, -0.05) is 49.4 Å². The number of fused-ring (bicyclic) bond motifs is 1. The first-order valence-corrected chi connectivity index (χ1v) is 11.1. The summed E-state index contributed by atoms with van der Waals surface area (Å²) in [4.78, 5) is 15.8. The lowest BCUT2D eigenvalue weighted by Gasteiger charge is -2.17. The number of ether oxygens (including phenoxy) is 1. The van der Waals surface area contributed by atoms with E-state index >= 15 is 0 Å². The molecule has 3 aromatic carbocycles. The molecule has 1 aromatic heterocycles. The molecule has 0 spiro atoms. The van der Waals surface area contributed by atoms with Crippen molar-refractivity contribution in [1.82, 2.24) is 4.98 Å². The third-order valence-corrected chi connectivity index (χ3v) is 5.38. The number of aromatic nitrogens is 1. The Kier molecular flexibility index (Phi) is 7.18. The average Bonchev–Trinajstić information content (AvgIpc) is 2.85. The second kappa shape index (κ2) is 10.6. The zero-order valence-corrected chi connectivity index (χ0v) is 18.7. The molecule has 1 heterocycles.